The van der Waals surface area contributed by atoms with E-state index in [1.807, 2.05) is 36.7 Å². The first kappa shape index (κ1) is 13.9. The lowest BCUT2D eigenvalue weighted by Gasteiger charge is -2.17. The Morgan fingerprint density at radius 2 is 2.21 bits per heavy atom. The third-order valence-electron chi connectivity index (χ3n) is 3.22. The normalized spacial score (nSPS) is 12.5. The first-order valence-corrected chi connectivity index (χ1v) is 6.58. The van der Waals surface area contributed by atoms with Gasteiger partial charge in [0.15, 0.2) is 5.75 Å². The van der Waals surface area contributed by atoms with Crippen LogP contribution in [0, 0.1) is 6.92 Å². The number of methoxy groups -OCH3 is 1. The number of benzene rings is 1. The molecular weight excluding hydrogens is 262 g/mol. The minimum atomic E-state index is -0.357. The van der Waals surface area contributed by atoms with Gasteiger partial charge < -0.3 is 10.5 Å². The SMILES string of the molecule is CCn1ncc(OC)c1C(N)c1cccc(C)c1Cl. The zero-order valence-corrected chi connectivity index (χ0v) is 12.1. The number of ether oxygens (including phenoxy) is 1. The second kappa shape index (κ2) is 5.63. The molecule has 0 aliphatic heterocycles. The van der Waals surface area contributed by atoms with E-state index in [1.165, 1.54) is 0 Å². The van der Waals surface area contributed by atoms with Gasteiger partial charge in [-0.25, -0.2) is 0 Å². The molecule has 0 saturated heterocycles. The Bertz CT molecular complexity index is 559. The number of rotatable bonds is 4. The summed E-state index contributed by atoms with van der Waals surface area (Å²) in [6, 6.07) is 5.50. The second-order valence-electron chi connectivity index (χ2n) is 4.37. The lowest BCUT2D eigenvalue weighted by Crippen LogP contribution is -2.18. The van der Waals surface area contributed by atoms with Gasteiger partial charge in [0.05, 0.1) is 19.3 Å². The van der Waals surface area contributed by atoms with Crippen molar-refractivity contribution in [2.45, 2.75) is 26.4 Å². The summed E-state index contributed by atoms with van der Waals surface area (Å²) in [5.41, 5.74) is 9.10. The van der Waals surface area contributed by atoms with E-state index in [0.29, 0.717) is 10.8 Å². The van der Waals surface area contributed by atoms with Gasteiger partial charge in [-0.15, -0.1) is 0 Å². The Labute approximate surface area is 118 Å². The zero-order valence-electron chi connectivity index (χ0n) is 11.4. The Hall–Kier alpha value is -1.52. The van der Waals surface area contributed by atoms with E-state index in [9.17, 15) is 0 Å². The van der Waals surface area contributed by atoms with Gasteiger partial charge in [0, 0.05) is 11.6 Å². The summed E-state index contributed by atoms with van der Waals surface area (Å²) in [7, 11) is 1.62. The maximum absolute atomic E-state index is 6.36. The molecule has 2 aromatic rings. The molecule has 0 radical (unpaired) electrons. The second-order valence-corrected chi connectivity index (χ2v) is 4.75. The molecule has 102 valence electrons. The highest BCUT2D eigenvalue weighted by molar-refractivity contribution is 6.32. The molecular formula is C14H18ClN3O. The van der Waals surface area contributed by atoms with Gasteiger partial charge >= 0.3 is 0 Å². The number of hydrogen-bond acceptors (Lipinski definition) is 3. The van der Waals surface area contributed by atoms with Gasteiger partial charge in [-0.1, -0.05) is 29.8 Å². The fraction of sp³-hybridized carbons (Fsp3) is 0.357. The Morgan fingerprint density at radius 1 is 1.47 bits per heavy atom. The van der Waals surface area contributed by atoms with Gasteiger partial charge in [-0.2, -0.15) is 5.10 Å². The Morgan fingerprint density at radius 3 is 2.84 bits per heavy atom. The number of aromatic nitrogens is 2. The lowest BCUT2D eigenvalue weighted by atomic mass is 10.0. The highest BCUT2D eigenvalue weighted by Crippen LogP contribution is 2.33. The molecule has 0 fully saturated rings. The quantitative estimate of drug-likeness (QED) is 0.936. The third kappa shape index (κ3) is 2.46. The predicted molar refractivity (Wildman–Crippen MR) is 76.7 cm³/mol. The average Bonchev–Trinajstić information content (AvgIpc) is 2.84. The van der Waals surface area contributed by atoms with Crippen molar-refractivity contribution < 1.29 is 4.74 Å². The fourth-order valence-corrected chi connectivity index (χ4v) is 2.40. The Balaban J connectivity index is 2.52. The largest absolute Gasteiger partial charge is 0.493 e. The predicted octanol–water partition coefficient (Wildman–Crippen LogP) is 2.92. The molecule has 1 aromatic carbocycles. The summed E-state index contributed by atoms with van der Waals surface area (Å²) in [6.45, 7) is 4.71. The van der Waals surface area contributed by atoms with Crippen molar-refractivity contribution in [3.8, 4) is 5.75 Å². The summed E-state index contributed by atoms with van der Waals surface area (Å²) < 4.78 is 7.17. The number of nitrogens with zero attached hydrogens (tertiary/aromatic N) is 2. The maximum atomic E-state index is 6.36. The molecule has 0 spiro atoms. The van der Waals surface area contributed by atoms with Crippen LogP contribution in [0.3, 0.4) is 0 Å². The first-order valence-electron chi connectivity index (χ1n) is 6.20. The molecule has 1 heterocycles. The van der Waals surface area contributed by atoms with Crippen LogP contribution in [0.5, 0.6) is 5.75 Å². The molecule has 2 N–H and O–H groups in total. The van der Waals surface area contributed by atoms with Crippen LogP contribution in [0.1, 0.15) is 29.8 Å². The maximum Gasteiger partial charge on any atom is 0.161 e. The monoisotopic (exact) mass is 279 g/mol. The fourth-order valence-electron chi connectivity index (χ4n) is 2.16. The number of nitrogens with two attached hydrogens (primary N) is 1. The van der Waals surface area contributed by atoms with Crippen LogP contribution in [0.15, 0.2) is 24.4 Å². The molecule has 0 aliphatic carbocycles. The molecule has 19 heavy (non-hydrogen) atoms. The minimum absolute atomic E-state index is 0.357. The van der Waals surface area contributed by atoms with E-state index in [0.717, 1.165) is 23.4 Å². The molecule has 0 saturated carbocycles. The molecule has 0 amide bonds. The van der Waals surface area contributed by atoms with Crippen molar-refractivity contribution >= 4 is 11.6 Å². The van der Waals surface area contributed by atoms with Crippen LogP contribution < -0.4 is 10.5 Å². The highest BCUT2D eigenvalue weighted by atomic mass is 35.5. The van der Waals surface area contributed by atoms with Crippen molar-refractivity contribution in [1.82, 2.24) is 9.78 Å². The first-order chi connectivity index (χ1) is 9.10. The van der Waals surface area contributed by atoms with Gasteiger partial charge in [-0.05, 0) is 25.0 Å². The van der Waals surface area contributed by atoms with Crippen LogP contribution in [-0.2, 0) is 6.54 Å². The van der Waals surface area contributed by atoms with Crippen molar-refractivity contribution in [2.24, 2.45) is 5.73 Å². The number of aryl methyl sites for hydroxylation is 2. The number of hydrogen-bond donors (Lipinski definition) is 1. The molecule has 1 unspecified atom stereocenters. The molecule has 5 heteroatoms. The van der Waals surface area contributed by atoms with E-state index in [2.05, 4.69) is 5.10 Å². The van der Waals surface area contributed by atoms with E-state index in [1.54, 1.807) is 13.3 Å². The van der Waals surface area contributed by atoms with Crippen LogP contribution in [0.25, 0.3) is 0 Å². The van der Waals surface area contributed by atoms with Gasteiger partial charge in [0.1, 0.15) is 5.69 Å². The Kier molecular flexibility index (Phi) is 4.12. The zero-order chi connectivity index (χ0) is 14.0. The highest BCUT2D eigenvalue weighted by Gasteiger charge is 2.22. The smallest absolute Gasteiger partial charge is 0.161 e. The molecule has 4 nitrogen and oxygen atoms in total. The standard InChI is InChI=1S/C14H18ClN3O/c1-4-18-14(11(19-3)8-17-18)13(16)10-7-5-6-9(2)12(10)15/h5-8,13H,4,16H2,1-3H3. The van der Waals surface area contributed by atoms with Gasteiger partial charge in [-0.3, -0.25) is 4.68 Å². The summed E-state index contributed by atoms with van der Waals surface area (Å²) in [5, 5.41) is 4.97. The van der Waals surface area contributed by atoms with E-state index >= 15 is 0 Å². The molecule has 0 bridgehead atoms. The van der Waals surface area contributed by atoms with Crippen LogP contribution in [-0.4, -0.2) is 16.9 Å². The summed E-state index contributed by atoms with van der Waals surface area (Å²) in [4.78, 5) is 0. The average molecular weight is 280 g/mol. The van der Waals surface area contributed by atoms with E-state index < -0.39 is 0 Å². The van der Waals surface area contributed by atoms with Gasteiger partial charge in [0.25, 0.3) is 0 Å². The van der Waals surface area contributed by atoms with Crippen molar-refractivity contribution in [3.63, 3.8) is 0 Å². The van der Waals surface area contributed by atoms with Crippen LogP contribution in [0.2, 0.25) is 5.02 Å². The minimum Gasteiger partial charge on any atom is -0.493 e. The van der Waals surface area contributed by atoms with Gasteiger partial charge in [0.2, 0.25) is 0 Å². The van der Waals surface area contributed by atoms with Crippen LogP contribution in [0.4, 0.5) is 0 Å². The molecule has 1 atom stereocenters. The third-order valence-corrected chi connectivity index (χ3v) is 3.73. The van der Waals surface area contributed by atoms with E-state index in [4.69, 9.17) is 22.1 Å². The molecule has 2 rings (SSSR count). The summed E-state index contributed by atoms with van der Waals surface area (Å²) in [5.74, 6) is 0.687. The molecule has 0 aliphatic rings. The lowest BCUT2D eigenvalue weighted by molar-refractivity contribution is 0.404. The summed E-state index contributed by atoms with van der Waals surface area (Å²) >= 11 is 6.35. The van der Waals surface area contributed by atoms with Crippen molar-refractivity contribution in [1.29, 1.82) is 0 Å². The topological polar surface area (TPSA) is 53.1 Å². The van der Waals surface area contributed by atoms with Crippen molar-refractivity contribution in [3.05, 3.63) is 46.2 Å². The van der Waals surface area contributed by atoms with Crippen molar-refractivity contribution in [2.75, 3.05) is 7.11 Å². The van der Waals surface area contributed by atoms with Crippen LogP contribution >= 0.6 is 11.6 Å². The number of halogens is 1. The van der Waals surface area contributed by atoms with E-state index in [-0.39, 0.29) is 6.04 Å². The molecule has 1 aromatic heterocycles. The summed E-state index contributed by atoms with van der Waals surface area (Å²) in [6.07, 6.45) is 1.68.